The van der Waals surface area contributed by atoms with Crippen LogP contribution in [0.1, 0.15) is 54.0 Å². The Balaban J connectivity index is 2.14. The minimum Gasteiger partial charge on any atom is -0.463 e. The summed E-state index contributed by atoms with van der Waals surface area (Å²) in [5.41, 5.74) is 0.679. The van der Waals surface area contributed by atoms with Gasteiger partial charge in [-0.2, -0.15) is 0 Å². The molecule has 0 saturated carbocycles. The van der Waals surface area contributed by atoms with E-state index < -0.39 is 122 Å². The Hall–Kier alpha value is -5.40. The van der Waals surface area contributed by atoms with E-state index in [1.165, 1.54) is 6.08 Å². The largest absolute Gasteiger partial charge is 0.463 e. The number of benzene rings is 1. The van der Waals surface area contributed by atoms with Crippen molar-refractivity contribution in [2.75, 3.05) is 19.8 Å². The molecule has 54 heavy (non-hydrogen) atoms. The highest BCUT2D eigenvalue weighted by molar-refractivity contribution is 5.87. The second-order valence-corrected chi connectivity index (χ2v) is 11.9. The van der Waals surface area contributed by atoms with E-state index in [-0.39, 0.29) is 0 Å². The van der Waals surface area contributed by atoms with Crippen molar-refractivity contribution in [3.63, 3.8) is 0 Å². The molecule has 296 valence electrons. The number of rotatable bonds is 15. The first-order chi connectivity index (χ1) is 25.4. The van der Waals surface area contributed by atoms with E-state index in [4.69, 9.17) is 52.1 Å². The van der Waals surface area contributed by atoms with Gasteiger partial charge in [-0.05, 0) is 11.6 Å². The van der Waals surface area contributed by atoms with Crippen molar-refractivity contribution in [3.05, 3.63) is 42.0 Å². The highest BCUT2D eigenvalue weighted by atomic mass is 16.8. The molecule has 1 aromatic rings. The summed E-state index contributed by atoms with van der Waals surface area (Å²) >= 11 is 0. The molecule has 0 unspecified atom stereocenters. The summed E-state index contributed by atoms with van der Waals surface area (Å²) < 4.78 is 61.5. The van der Waals surface area contributed by atoms with Crippen LogP contribution in [0.3, 0.4) is 0 Å². The van der Waals surface area contributed by atoms with Crippen molar-refractivity contribution >= 4 is 53.8 Å². The zero-order valence-electron chi connectivity index (χ0n) is 30.5. The Morgan fingerprint density at radius 2 is 1.11 bits per heavy atom. The molecule has 0 N–H and O–H groups in total. The summed E-state index contributed by atoms with van der Waals surface area (Å²) in [6, 6.07) is 8.76. The van der Waals surface area contributed by atoms with Crippen molar-refractivity contribution in [1.29, 1.82) is 0 Å². The monoisotopic (exact) mass is 766 g/mol. The zero-order chi connectivity index (χ0) is 40.2. The van der Waals surface area contributed by atoms with Crippen LogP contribution < -0.4 is 0 Å². The van der Waals surface area contributed by atoms with Crippen molar-refractivity contribution in [2.24, 2.45) is 0 Å². The summed E-state index contributed by atoms with van der Waals surface area (Å²) in [6.07, 6.45) is -10.9. The maximum absolute atomic E-state index is 12.7. The fourth-order valence-corrected chi connectivity index (χ4v) is 5.50. The van der Waals surface area contributed by atoms with Gasteiger partial charge in [0.1, 0.15) is 32.0 Å². The predicted molar refractivity (Wildman–Crippen MR) is 175 cm³/mol. The van der Waals surface area contributed by atoms with E-state index >= 15 is 0 Å². The molecule has 19 heteroatoms. The molecule has 0 aliphatic carbocycles. The Morgan fingerprint density at radius 3 is 1.67 bits per heavy atom. The number of esters is 8. The lowest BCUT2D eigenvalue weighted by molar-refractivity contribution is -0.384. The van der Waals surface area contributed by atoms with Crippen molar-refractivity contribution < 1.29 is 90.5 Å². The first-order valence-electron chi connectivity index (χ1n) is 16.4. The fourth-order valence-electron chi connectivity index (χ4n) is 5.50. The van der Waals surface area contributed by atoms with Crippen LogP contribution in [0.15, 0.2) is 36.4 Å². The first kappa shape index (κ1) is 43.0. The van der Waals surface area contributed by atoms with Crippen LogP contribution in [0.4, 0.5) is 0 Å². The van der Waals surface area contributed by atoms with Gasteiger partial charge in [0.15, 0.2) is 30.5 Å². The number of carbonyl (C=O) groups is 8. The number of ether oxygens (including phenoxy) is 11. The topological polar surface area (TPSA) is 238 Å². The molecule has 2 heterocycles. The molecule has 0 spiro atoms. The molecule has 0 aromatic heterocycles. The Bertz CT molecular complexity index is 1570. The Kier molecular flexibility index (Phi) is 15.6. The molecular weight excluding hydrogens is 724 g/mol. The number of hydrogen-bond donors (Lipinski definition) is 0. The van der Waals surface area contributed by atoms with Crippen LogP contribution in [0, 0.1) is 0 Å². The second kappa shape index (κ2) is 19.6. The van der Waals surface area contributed by atoms with Gasteiger partial charge >= 0.3 is 47.8 Å². The van der Waals surface area contributed by atoms with Crippen LogP contribution in [-0.2, 0) is 90.5 Å². The number of hydrogen-bond acceptors (Lipinski definition) is 19. The van der Waals surface area contributed by atoms with Gasteiger partial charge in [-0.3, -0.25) is 33.6 Å². The molecule has 3 rings (SSSR count). The number of carbonyl (C=O) groups excluding carboxylic acids is 8. The van der Waals surface area contributed by atoms with Gasteiger partial charge in [0, 0.05) is 54.5 Å². The van der Waals surface area contributed by atoms with Gasteiger partial charge in [0.2, 0.25) is 12.1 Å². The minimum atomic E-state index is -2.53. The standard InChI is InChI=1S/C35H42O19/c1-18(36)44-15-26-29(47-20(3)38)31(49-22(5)40)32(50-23(6)41)34(52-26)54-35(17-46-19(2)37)33(51-24(7)42)30(48-21(4)39)27(53-35)16-45-28(43)14-13-25-11-9-8-10-12-25/h8-14,26-27,29-34H,15-17H2,1-7H3/b14-13+/t26-,27-,29-,30-,31+,32-,33+,34-,35+/m1/s1. The third-order valence-electron chi connectivity index (χ3n) is 7.39. The van der Waals surface area contributed by atoms with E-state index in [0.29, 0.717) is 5.56 Å². The average Bonchev–Trinajstić information content (AvgIpc) is 3.33. The van der Waals surface area contributed by atoms with Gasteiger partial charge < -0.3 is 52.1 Å². The normalized spacial score (nSPS) is 27.5. The van der Waals surface area contributed by atoms with Crippen LogP contribution in [0.5, 0.6) is 0 Å². The van der Waals surface area contributed by atoms with Gasteiger partial charge in [0.25, 0.3) is 0 Å². The molecular formula is C35H42O19. The smallest absolute Gasteiger partial charge is 0.330 e. The SMILES string of the molecule is CC(=O)OC[C@H]1O[C@H](O[C@]2(COC(C)=O)O[C@H](COC(=O)/C=C/c3ccccc3)[C@@H](OC(C)=O)[C@@H]2OC(C)=O)[C@H](OC(C)=O)[C@@H](OC(C)=O)[C@@H]1OC(C)=O. The quantitative estimate of drug-likeness (QED) is 0.137. The molecule has 0 amide bonds. The minimum absolute atomic E-state index is 0.631. The van der Waals surface area contributed by atoms with E-state index in [9.17, 15) is 38.4 Å². The van der Waals surface area contributed by atoms with Crippen LogP contribution in [-0.4, -0.2) is 122 Å². The third-order valence-corrected chi connectivity index (χ3v) is 7.39. The van der Waals surface area contributed by atoms with Gasteiger partial charge in [0.05, 0.1) is 0 Å². The summed E-state index contributed by atoms with van der Waals surface area (Å²) in [5, 5.41) is 0. The first-order valence-corrected chi connectivity index (χ1v) is 16.4. The predicted octanol–water partition coefficient (Wildman–Crippen LogP) is 0.864. The Morgan fingerprint density at radius 1 is 0.593 bits per heavy atom. The summed E-state index contributed by atoms with van der Waals surface area (Å²) in [5.74, 6) is -9.75. The van der Waals surface area contributed by atoms with Crippen LogP contribution in [0.2, 0.25) is 0 Å². The van der Waals surface area contributed by atoms with Crippen molar-refractivity contribution in [2.45, 2.75) is 103 Å². The molecule has 2 saturated heterocycles. The Labute approximate surface area is 309 Å². The lowest BCUT2D eigenvalue weighted by Crippen LogP contribution is -2.65. The van der Waals surface area contributed by atoms with Crippen LogP contribution >= 0.6 is 0 Å². The molecule has 2 fully saturated rings. The van der Waals surface area contributed by atoms with Gasteiger partial charge in [-0.15, -0.1) is 0 Å². The highest BCUT2D eigenvalue weighted by Gasteiger charge is 2.65. The molecule has 9 atom stereocenters. The zero-order valence-corrected chi connectivity index (χ0v) is 30.5. The van der Waals surface area contributed by atoms with Gasteiger partial charge in [-0.25, -0.2) is 4.79 Å². The summed E-state index contributed by atoms with van der Waals surface area (Å²) in [7, 11) is 0. The molecule has 19 nitrogen and oxygen atoms in total. The summed E-state index contributed by atoms with van der Waals surface area (Å²) in [6.45, 7) is 4.94. The van der Waals surface area contributed by atoms with Crippen molar-refractivity contribution in [3.8, 4) is 0 Å². The van der Waals surface area contributed by atoms with Crippen LogP contribution in [0.25, 0.3) is 6.08 Å². The van der Waals surface area contributed by atoms with Crippen molar-refractivity contribution in [1.82, 2.24) is 0 Å². The molecule has 0 radical (unpaired) electrons. The second-order valence-electron chi connectivity index (χ2n) is 11.9. The molecule has 1 aromatic carbocycles. The fraction of sp³-hybridized carbons (Fsp3) is 0.543. The van der Waals surface area contributed by atoms with E-state index in [1.807, 2.05) is 0 Å². The van der Waals surface area contributed by atoms with E-state index in [0.717, 1.165) is 54.5 Å². The molecule has 2 aliphatic rings. The summed E-state index contributed by atoms with van der Waals surface area (Å²) in [4.78, 5) is 98.6. The van der Waals surface area contributed by atoms with Gasteiger partial charge in [-0.1, -0.05) is 30.3 Å². The molecule has 0 bridgehead atoms. The maximum atomic E-state index is 12.7. The highest BCUT2D eigenvalue weighted by Crippen LogP contribution is 2.41. The lowest BCUT2D eigenvalue weighted by atomic mass is 9.97. The lowest BCUT2D eigenvalue weighted by Gasteiger charge is -2.46. The average molecular weight is 767 g/mol. The van der Waals surface area contributed by atoms with E-state index in [1.54, 1.807) is 30.3 Å². The molecule has 2 aliphatic heterocycles. The maximum Gasteiger partial charge on any atom is 0.330 e. The third kappa shape index (κ3) is 12.6. The van der Waals surface area contributed by atoms with E-state index in [2.05, 4.69) is 0 Å².